The number of nitrogens with zero attached hydrogens (tertiary/aromatic N) is 3. The number of hydrogen-bond acceptors (Lipinski definition) is 4. The molecule has 2 N–H and O–H groups in total. The zero-order valence-electron chi connectivity index (χ0n) is 11.4. The van der Waals surface area contributed by atoms with Crippen LogP contribution in [0.2, 0.25) is 0 Å². The monoisotopic (exact) mass is 346 g/mol. The summed E-state index contributed by atoms with van der Waals surface area (Å²) in [6, 6.07) is 8.27. The SMILES string of the molecule is NC(=O)c1ncc2c(n1)CN(Cc1cccc(Br)c1)CC2. The molecule has 0 saturated heterocycles. The molecule has 2 aromatic rings. The van der Waals surface area contributed by atoms with Crippen molar-refractivity contribution in [2.24, 2.45) is 5.73 Å². The highest BCUT2D eigenvalue weighted by molar-refractivity contribution is 9.10. The van der Waals surface area contributed by atoms with Gasteiger partial charge < -0.3 is 5.73 Å². The van der Waals surface area contributed by atoms with Gasteiger partial charge in [0.1, 0.15) is 0 Å². The maximum absolute atomic E-state index is 11.2. The molecular weight excluding hydrogens is 332 g/mol. The number of carbonyl (C=O) groups excluding carboxylic acids is 1. The lowest BCUT2D eigenvalue weighted by Crippen LogP contribution is -2.32. The van der Waals surface area contributed by atoms with Crippen molar-refractivity contribution in [2.75, 3.05) is 6.54 Å². The van der Waals surface area contributed by atoms with E-state index >= 15 is 0 Å². The summed E-state index contributed by atoms with van der Waals surface area (Å²) in [4.78, 5) is 21.8. The molecule has 1 aliphatic heterocycles. The molecule has 0 fully saturated rings. The quantitative estimate of drug-likeness (QED) is 0.921. The van der Waals surface area contributed by atoms with E-state index in [2.05, 4.69) is 42.9 Å². The number of carbonyl (C=O) groups is 1. The molecule has 2 heterocycles. The first-order chi connectivity index (χ1) is 10.1. The highest BCUT2D eigenvalue weighted by Crippen LogP contribution is 2.20. The van der Waals surface area contributed by atoms with Gasteiger partial charge in [-0.1, -0.05) is 28.1 Å². The van der Waals surface area contributed by atoms with Crippen molar-refractivity contribution in [3.8, 4) is 0 Å². The van der Waals surface area contributed by atoms with Crippen molar-refractivity contribution in [2.45, 2.75) is 19.5 Å². The number of aromatic nitrogens is 2. The maximum Gasteiger partial charge on any atom is 0.286 e. The number of primary amides is 1. The summed E-state index contributed by atoms with van der Waals surface area (Å²) in [7, 11) is 0. The Bertz CT molecular complexity index is 689. The number of halogens is 1. The van der Waals surface area contributed by atoms with E-state index in [1.54, 1.807) is 6.20 Å². The highest BCUT2D eigenvalue weighted by Gasteiger charge is 2.19. The van der Waals surface area contributed by atoms with Gasteiger partial charge in [0.05, 0.1) is 5.69 Å². The van der Waals surface area contributed by atoms with Crippen LogP contribution >= 0.6 is 15.9 Å². The van der Waals surface area contributed by atoms with Crippen LogP contribution in [0.25, 0.3) is 0 Å². The molecule has 0 atom stereocenters. The molecule has 108 valence electrons. The normalized spacial score (nSPS) is 14.7. The van der Waals surface area contributed by atoms with E-state index in [9.17, 15) is 4.79 Å². The van der Waals surface area contributed by atoms with E-state index in [1.165, 1.54) is 5.56 Å². The molecule has 0 spiro atoms. The summed E-state index contributed by atoms with van der Waals surface area (Å²) in [5.41, 5.74) is 8.49. The van der Waals surface area contributed by atoms with Crippen molar-refractivity contribution in [3.63, 3.8) is 0 Å². The summed E-state index contributed by atoms with van der Waals surface area (Å²) in [5, 5.41) is 0. The Labute approximate surface area is 131 Å². The number of hydrogen-bond donors (Lipinski definition) is 1. The van der Waals surface area contributed by atoms with Crippen LogP contribution < -0.4 is 5.73 Å². The topological polar surface area (TPSA) is 72.1 Å². The number of nitrogens with two attached hydrogens (primary N) is 1. The van der Waals surface area contributed by atoms with Gasteiger partial charge in [0.25, 0.3) is 5.91 Å². The molecule has 0 unspecified atom stereocenters. The van der Waals surface area contributed by atoms with Crippen molar-refractivity contribution in [1.82, 2.24) is 14.9 Å². The van der Waals surface area contributed by atoms with Gasteiger partial charge in [-0.15, -0.1) is 0 Å². The minimum absolute atomic E-state index is 0.0954. The predicted molar refractivity (Wildman–Crippen MR) is 82.5 cm³/mol. The highest BCUT2D eigenvalue weighted by atomic mass is 79.9. The first-order valence-electron chi connectivity index (χ1n) is 6.73. The van der Waals surface area contributed by atoms with Gasteiger partial charge in [-0.3, -0.25) is 9.69 Å². The number of fused-ring (bicyclic) bond motifs is 1. The zero-order chi connectivity index (χ0) is 14.8. The number of rotatable bonds is 3. The molecular formula is C15H15BrN4O. The van der Waals surface area contributed by atoms with E-state index < -0.39 is 5.91 Å². The number of benzene rings is 1. The molecule has 5 nitrogen and oxygen atoms in total. The van der Waals surface area contributed by atoms with Crippen molar-refractivity contribution in [3.05, 3.63) is 57.6 Å². The van der Waals surface area contributed by atoms with Gasteiger partial charge in [0.2, 0.25) is 5.82 Å². The fraction of sp³-hybridized carbons (Fsp3) is 0.267. The third-order valence-corrected chi connectivity index (χ3v) is 4.03. The molecule has 0 bridgehead atoms. The average molecular weight is 347 g/mol. The van der Waals surface area contributed by atoms with E-state index in [0.717, 1.165) is 35.2 Å². The Morgan fingerprint density at radius 2 is 2.29 bits per heavy atom. The van der Waals surface area contributed by atoms with E-state index in [1.807, 2.05) is 12.1 Å². The van der Waals surface area contributed by atoms with Crippen LogP contribution in [0.5, 0.6) is 0 Å². The fourth-order valence-corrected chi connectivity index (χ4v) is 2.95. The van der Waals surface area contributed by atoms with Crippen LogP contribution in [0.4, 0.5) is 0 Å². The van der Waals surface area contributed by atoms with Gasteiger partial charge in [0.15, 0.2) is 0 Å². The lowest BCUT2D eigenvalue weighted by molar-refractivity contribution is 0.0989. The van der Waals surface area contributed by atoms with Crippen molar-refractivity contribution >= 4 is 21.8 Å². The van der Waals surface area contributed by atoms with Gasteiger partial charge in [-0.2, -0.15) is 0 Å². The molecule has 21 heavy (non-hydrogen) atoms. The second kappa shape index (κ2) is 5.91. The minimum Gasteiger partial charge on any atom is -0.363 e. The van der Waals surface area contributed by atoms with E-state index in [-0.39, 0.29) is 5.82 Å². The van der Waals surface area contributed by atoms with Crippen molar-refractivity contribution < 1.29 is 4.79 Å². The summed E-state index contributed by atoms with van der Waals surface area (Å²) in [5.74, 6) is -0.486. The lowest BCUT2D eigenvalue weighted by atomic mass is 10.1. The number of amides is 1. The van der Waals surface area contributed by atoms with Crippen LogP contribution in [-0.4, -0.2) is 27.3 Å². The van der Waals surface area contributed by atoms with E-state index in [4.69, 9.17) is 5.73 Å². The van der Waals surface area contributed by atoms with Crippen LogP contribution in [0.15, 0.2) is 34.9 Å². The Hall–Kier alpha value is -1.79. The zero-order valence-corrected chi connectivity index (χ0v) is 13.0. The molecule has 0 radical (unpaired) electrons. The second-order valence-corrected chi connectivity index (χ2v) is 6.04. The Morgan fingerprint density at radius 1 is 1.43 bits per heavy atom. The van der Waals surface area contributed by atoms with Crippen LogP contribution in [0.3, 0.4) is 0 Å². The first-order valence-corrected chi connectivity index (χ1v) is 7.52. The Morgan fingerprint density at radius 3 is 3.05 bits per heavy atom. The lowest BCUT2D eigenvalue weighted by Gasteiger charge is -2.27. The smallest absolute Gasteiger partial charge is 0.286 e. The van der Waals surface area contributed by atoms with Gasteiger partial charge >= 0.3 is 0 Å². The molecule has 1 aromatic heterocycles. The van der Waals surface area contributed by atoms with Gasteiger partial charge in [0, 0.05) is 30.3 Å². The molecule has 0 aliphatic carbocycles. The van der Waals surface area contributed by atoms with Crippen LogP contribution in [0.1, 0.15) is 27.4 Å². The van der Waals surface area contributed by atoms with Gasteiger partial charge in [-0.25, -0.2) is 9.97 Å². The van der Waals surface area contributed by atoms with Gasteiger partial charge in [-0.05, 0) is 29.7 Å². The summed E-state index contributed by atoms with van der Waals surface area (Å²) < 4.78 is 1.08. The Balaban J connectivity index is 1.77. The molecule has 1 aromatic carbocycles. The van der Waals surface area contributed by atoms with Crippen LogP contribution in [0, 0.1) is 0 Å². The molecule has 0 saturated carbocycles. The van der Waals surface area contributed by atoms with E-state index in [0.29, 0.717) is 6.54 Å². The minimum atomic E-state index is -0.582. The maximum atomic E-state index is 11.2. The summed E-state index contributed by atoms with van der Waals surface area (Å²) in [6.07, 6.45) is 2.61. The Kier molecular flexibility index (Phi) is 3.98. The largest absolute Gasteiger partial charge is 0.363 e. The predicted octanol–water partition coefficient (Wildman–Crippen LogP) is 1.90. The molecule has 3 rings (SSSR count). The standard InChI is InChI=1S/C15H15BrN4O/c16-12-3-1-2-10(6-12)8-20-5-4-11-7-18-15(14(17)21)19-13(11)9-20/h1-3,6-7H,4-5,8-9H2,(H2,17,21). The average Bonchev–Trinajstić information content (AvgIpc) is 2.46. The molecule has 1 amide bonds. The van der Waals surface area contributed by atoms with Crippen LogP contribution in [-0.2, 0) is 19.5 Å². The third kappa shape index (κ3) is 3.28. The molecule has 6 heteroatoms. The second-order valence-electron chi connectivity index (χ2n) is 5.12. The summed E-state index contributed by atoms with van der Waals surface area (Å²) in [6.45, 7) is 2.53. The third-order valence-electron chi connectivity index (χ3n) is 3.54. The molecule has 1 aliphatic rings. The first kappa shape index (κ1) is 14.2. The fourth-order valence-electron chi connectivity index (χ4n) is 2.50. The van der Waals surface area contributed by atoms with Crippen molar-refractivity contribution in [1.29, 1.82) is 0 Å². The summed E-state index contributed by atoms with van der Waals surface area (Å²) >= 11 is 3.49.